The maximum absolute atomic E-state index is 12.7. The summed E-state index contributed by atoms with van der Waals surface area (Å²) >= 11 is 0. The van der Waals surface area contributed by atoms with Crippen LogP contribution in [0.5, 0.6) is 0 Å². The number of fused-ring (bicyclic) bond motifs is 4. The number of allylic oxidation sites excluding steroid dienone is 3. The topological polar surface area (TPSA) is 126 Å². The van der Waals surface area contributed by atoms with Crippen molar-refractivity contribution >= 4 is 71.4 Å². The normalized spacial score (nSPS) is 13.8. The zero-order chi connectivity index (χ0) is 43.8. The maximum Gasteiger partial charge on any atom is 0.134 e. The van der Waals surface area contributed by atoms with Crippen molar-refractivity contribution < 1.29 is 5.11 Å². The highest BCUT2D eigenvalue weighted by Crippen LogP contribution is 2.58. The first-order chi connectivity index (χ1) is 30.3. The number of nitrogens with two attached hydrogens (primary N) is 2. The first kappa shape index (κ1) is 43.9. The number of hydrogen-bond acceptors (Lipinski definition) is 7. The van der Waals surface area contributed by atoms with Crippen LogP contribution in [0, 0.1) is 22.7 Å². The number of rotatable bonds is 20. The molecule has 62 heavy (non-hydrogen) atoms. The molecule has 0 saturated heterocycles. The highest BCUT2D eigenvalue weighted by molar-refractivity contribution is 6.16. The lowest BCUT2D eigenvalue weighted by Gasteiger charge is -2.37. The Kier molecular flexibility index (Phi) is 14.3. The van der Waals surface area contributed by atoms with Crippen molar-refractivity contribution in [1.82, 2.24) is 0 Å². The van der Waals surface area contributed by atoms with E-state index in [0.717, 1.165) is 158 Å². The van der Waals surface area contributed by atoms with E-state index in [0.29, 0.717) is 33.6 Å². The predicted molar refractivity (Wildman–Crippen MR) is 265 cm³/mol. The van der Waals surface area contributed by atoms with E-state index in [1.807, 2.05) is 12.1 Å². The third-order valence-electron chi connectivity index (χ3n) is 13.0. The Bertz CT molecular complexity index is 2700. The average molecular weight is 825 g/mol. The fraction of sp³-hybridized carbons (Fsp3) is 0.382. The van der Waals surface area contributed by atoms with Crippen LogP contribution in [0.25, 0.3) is 48.7 Å². The molecule has 7 heteroatoms. The molecule has 7 nitrogen and oxygen atoms in total. The summed E-state index contributed by atoms with van der Waals surface area (Å²) < 4.78 is 0. The van der Waals surface area contributed by atoms with Gasteiger partial charge in [0.2, 0.25) is 0 Å². The molecule has 320 valence electrons. The van der Waals surface area contributed by atoms with Gasteiger partial charge in [0.15, 0.2) is 0 Å². The number of nitriles is 2. The highest BCUT2D eigenvalue weighted by atomic mass is 16.3. The zero-order valence-electron chi connectivity index (χ0n) is 37.4. The molecule has 0 radical (unpaired) electrons. The zero-order valence-corrected chi connectivity index (χ0v) is 37.4. The van der Waals surface area contributed by atoms with Gasteiger partial charge >= 0.3 is 0 Å². The summed E-state index contributed by atoms with van der Waals surface area (Å²) in [5, 5.41) is 42.2. The molecule has 0 spiro atoms. The van der Waals surface area contributed by atoms with Gasteiger partial charge in [0.1, 0.15) is 23.5 Å². The SMILES string of the molecule is CCCCCN(CCCCC)c1cc(N)c(C2=C(O)C(c3c(N)cc(N(CCCCC)CCCCC)c4cc5ccccc5cc34)C2=C(C#N)C#N)c2cc3ccccc3cc12. The lowest BCUT2D eigenvalue weighted by Crippen LogP contribution is -2.28. The summed E-state index contributed by atoms with van der Waals surface area (Å²) in [5.41, 5.74) is 19.8. The van der Waals surface area contributed by atoms with Gasteiger partial charge in [-0.15, -0.1) is 0 Å². The first-order valence-electron chi connectivity index (χ1n) is 23.3. The number of benzene rings is 6. The number of aliphatic hydroxyl groups is 1. The van der Waals surface area contributed by atoms with Crippen LogP contribution in [0.2, 0.25) is 0 Å². The molecule has 5 N–H and O–H groups in total. The highest BCUT2D eigenvalue weighted by Gasteiger charge is 2.43. The standard InChI is InChI=1S/C55H64N6O/c1-5-9-17-25-60(26-18-10-6-2)48-33-46(58)51(44-31-39-23-15-13-21-37(39)29-42(44)48)53-50(41(35-56)36-57)54(55(53)62)52-45-32-40-24-16-14-22-38(40)30-43(45)49(34-47(52)59)61(27-19-11-7-3)28-20-12-8-4/h13-16,21-24,29-34,53,62H,5-12,17-20,25-28,58-59H2,1-4H3. The minimum atomic E-state index is -0.806. The number of hydrogen-bond donors (Lipinski definition) is 3. The fourth-order valence-electron chi connectivity index (χ4n) is 9.73. The van der Waals surface area contributed by atoms with Crippen molar-refractivity contribution in [2.45, 2.75) is 111 Å². The molecule has 0 aromatic heterocycles. The number of nitrogen functional groups attached to an aromatic ring is 2. The van der Waals surface area contributed by atoms with Crippen molar-refractivity contribution in [2.24, 2.45) is 0 Å². The van der Waals surface area contributed by atoms with Crippen molar-refractivity contribution in [3.05, 3.63) is 113 Å². The van der Waals surface area contributed by atoms with Crippen LogP contribution in [-0.2, 0) is 0 Å². The molecule has 0 aliphatic heterocycles. The minimum Gasteiger partial charge on any atom is -0.511 e. The fourth-order valence-corrected chi connectivity index (χ4v) is 9.73. The van der Waals surface area contributed by atoms with Gasteiger partial charge in [-0.25, -0.2) is 0 Å². The van der Waals surface area contributed by atoms with Crippen LogP contribution in [-0.4, -0.2) is 31.3 Å². The van der Waals surface area contributed by atoms with E-state index in [-0.39, 0.29) is 11.3 Å². The number of nitrogens with zero attached hydrogens (tertiary/aromatic N) is 4. The third-order valence-corrected chi connectivity index (χ3v) is 13.0. The second kappa shape index (κ2) is 20.1. The number of anilines is 4. The smallest absolute Gasteiger partial charge is 0.134 e. The van der Waals surface area contributed by atoms with Gasteiger partial charge < -0.3 is 26.4 Å². The summed E-state index contributed by atoms with van der Waals surface area (Å²) in [6.07, 6.45) is 13.4. The van der Waals surface area contributed by atoms with Crippen molar-refractivity contribution in [2.75, 3.05) is 47.4 Å². The molecular weight excluding hydrogens is 761 g/mol. The monoisotopic (exact) mass is 825 g/mol. The lowest BCUT2D eigenvalue weighted by atomic mass is 9.67. The van der Waals surface area contributed by atoms with E-state index >= 15 is 0 Å². The summed E-state index contributed by atoms with van der Waals surface area (Å²) in [6.45, 7) is 12.6. The molecule has 0 bridgehead atoms. The van der Waals surface area contributed by atoms with Gasteiger partial charge in [-0.05, 0) is 100.0 Å². The molecule has 6 aromatic rings. The Morgan fingerprint density at radius 3 is 1.35 bits per heavy atom. The van der Waals surface area contributed by atoms with E-state index in [1.54, 1.807) is 0 Å². The van der Waals surface area contributed by atoms with Crippen LogP contribution >= 0.6 is 0 Å². The Labute approximate surface area is 368 Å². The van der Waals surface area contributed by atoms with Gasteiger partial charge in [-0.2, -0.15) is 10.5 Å². The van der Waals surface area contributed by atoms with E-state index in [4.69, 9.17) is 11.5 Å². The predicted octanol–water partition coefficient (Wildman–Crippen LogP) is 14.2. The molecule has 0 fully saturated rings. The minimum absolute atomic E-state index is 0.0563. The molecule has 1 aliphatic rings. The Balaban J connectivity index is 1.49. The molecule has 0 heterocycles. The molecule has 6 aromatic carbocycles. The van der Waals surface area contributed by atoms with Gasteiger partial charge in [0.25, 0.3) is 0 Å². The second-order valence-corrected chi connectivity index (χ2v) is 17.3. The molecule has 0 amide bonds. The van der Waals surface area contributed by atoms with Crippen molar-refractivity contribution in [1.29, 1.82) is 10.5 Å². The van der Waals surface area contributed by atoms with Crippen LogP contribution in [0.15, 0.2) is 102 Å². The van der Waals surface area contributed by atoms with Gasteiger partial charge in [-0.3, -0.25) is 0 Å². The van der Waals surface area contributed by atoms with Crippen molar-refractivity contribution in [3.8, 4) is 12.1 Å². The molecule has 1 unspecified atom stereocenters. The van der Waals surface area contributed by atoms with E-state index in [2.05, 4.69) is 122 Å². The summed E-state index contributed by atoms with van der Waals surface area (Å²) in [4.78, 5) is 4.98. The molecule has 0 saturated carbocycles. The lowest BCUT2D eigenvalue weighted by molar-refractivity contribution is 0.371. The van der Waals surface area contributed by atoms with Gasteiger partial charge in [-0.1, -0.05) is 128 Å². The van der Waals surface area contributed by atoms with E-state index < -0.39 is 5.92 Å². The quantitative estimate of drug-likeness (QED) is 0.0303. The van der Waals surface area contributed by atoms with Crippen LogP contribution < -0.4 is 21.3 Å². The Morgan fingerprint density at radius 1 is 0.548 bits per heavy atom. The molecule has 1 aliphatic carbocycles. The maximum atomic E-state index is 12.7. The van der Waals surface area contributed by atoms with Crippen LogP contribution in [0.3, 0.4) is 0 Å². The summed E-state index contributed by atoms with van der Waals surface area (Å²) in [7, 11) is 0. The Hall–Kier alpha value is -6.18. The van der Waals surface area contributed by atoms with Crippen LogP contribution in [0.1, 0.15) is 122 Å². The summed E-state index contributed by atoms with van der Waals surface area (Å²) in [6, 6.07) is 34.0. The second-order valence-electron chi connectivity index (χ2n) is 17.3. The van der Waals surface area contributed by atoms with E-state index in [9.17, 15) is 15.6 Å². The molecule has 7 rings (SSSR count). The first-order valence-corrected chi connectivity index (χ1v) is 23.3. The van der Waals surface area contributed by atoms with Gasteiger partial charge in [0.05, 0.1) is 5.92 Å². The van der Waals surface area contributed by atoms with Crippen LogP contribution in [0.4, 0.5) is 22.7 Å². The van der Waals surface area contributed by atoms with Crippen molar-refractivity contribution in [3.63, 3.8) is 0 Å². The Morgan fingerprint density at radius 2 is 0.935 bits per heavy atom. The average Bonchev–Trinajstić information content (AvgIpc) is 3.28. The largest absolute Gasteiger partial charge is 0.511 e. The molecular formula is C55H64N6O. The number of unbranched alkanes of at least 4 members (excludes halogenated alkanes) is 8. The third kappa shape index (κ3) is 8.64. The van der Waals surface area contributed by atoms with E-state index in [1.165, 1.54) is 0 Å². The number of aliphatic hydroxyl groups excluding tert-OH is 1. The van der Waals surface area contributed by atoms with Gasteiger partial charge in [0, 0.05) is 76.4 Å². The molecule has 1 atom stereocenters. The summed E-state index contributed by atoms with van der Waals surface area (Å²) in [5.74, 6) is -0.740.